The summed E-state index contributed by atoms with van der Waals surface area (Å²) in [6.45, 7) is 5.05. The lowest BCUT2D eigenvalue weighted by molar-refractivity contribution is 0.0947. The molecule has 2 aromatic heterocycles. The monoisotopic (exact) mass is 310 g/mol. The number of carbonyl (C=O) groups is 1. The lowest BCUT2D eigenvalue weighted by atomic mass is 10.3. The maximum atomic E-state index is 12.1. The van der Waals surface area contributed by atoms with E-state index in [1.54, 1.807) is 0 Å². The summed E-state index contributed by atoms with van der Waals surface area (Å²) in [5, 5.41) is 7.15. The zero-order valence-electron chi connectivity index (χ0n) is 13.2. The van der Waals surface area contributed by atoms with Gasteiger partial charge >= 0.3 is 0 Å². The summed E-state index contributed by atoms with van der Waals surface area (Å²) in [4.78, 5) is 24.9. The maximum absolute atomic E-state index is 12.1. The fraction of sp³-hybridized carbons (Fsp3) is 0.312. The zero-order valence-corrected chi connectivity index (χ0v) is 13.2. The van der Waals surface area contributed by atoms with Crippen LogP contribution in [0.2, 0.25) is 0 Å². The van der Waals surface area contributed by atoms with Gasteiger partial charge in [-0.15, -0.1) is 0 Å². The van der Waals surface area contributed by atoms with Crippen LogP contribution in [0.4, 0.5) is 0 Å². The summed E-state index contributed by atoms with van der Waals surface area (Å²) in [5.74, 6) is 1.43. The van der Waals surface area contributed by atoms with Crippen molar-refractivity contribution in [3.63, 3.8) is 0 Å². The normalized spacial score (nSPS) is 10.9. The van der Waals surface area contributed by atoms with Crippen molar-refractivity contribution in [2.75, 3.05) is 6.54 Å². The molecule has 3 aromatic rings. The third-order valence-electron chi connectivity index (χ3n) is 3.48. The molecule has 2 heterocycles. The molecule has 1 aromatic carbocycles. The molecule has 23 heavy (non-hydrogen) atoms. The van der Waals surface area contributed by atoms with Crippen LogP contribution < -0.4 is 5.32 Å². The summed E-state index contributed by atoms with van der Waals surface area (Å²) < 4.78 is 1.84. The number of para-hydroxylation sites is 2. The van der Waals surface area contributed by atoms with Gasteiger partial charge in [-0.3, -0.25) is 14.5 Å². The van der Waals surface area contributed by atoms with Crippen LogP contribution in [0, 0.1) is 13.8 Å². The third-order valence-corrected chi connectivity index (χ3v) is 3.48. The van der Waals surface area contributed by atoms with Crippen LogP contribution in [0.1, 0.15) is 28.6 Å². The Hall–Kier alpha value is -2.83. The number of aromatic nitrogens is 5. The number of aryl methyl sites for hydroxylation is 3. The number of benzene rings is 1. The van der Waals surface area contributed by atoms with Gasteiger partial charge < -0.3 is 5.32 Å². The Balaban J connectivity index is 1.55. The number of carbonyl (C=O) groups excluding carboxylic acids is 1. The van der Waals surface area contributed by atoms with Gasteiger partial charge in [0, 0.05) is 13.1 Å². The van der Waals surface area contributed by atoms with Crippen molar-refractivity contribution >= 4 is 16.9 Å². The van der Waals surface area contributed by atoms with Gasteiger partial charge in [-0.05, 0) is 32.4 Å². The van der Waals surface area contributed by atoms with E-state index in [0.717, 1.165) is 30.1 Å². The molecule has 0 saturated carbocycles. The standard InChI is InChI=1S/C16H18N6O/c1-11-19-12(2)22(21-11)9-5-8-17-16(23)15-10-18-13-6-3-4-7-14(13)20-15/h3-4,6-7,10H,5,8-9H2,1-2H3,(H,17,23). The molecular formula is C16H18N6O. The molecule has 0 atom stereocenters. The minimum atomic E-state index is -0.213. The van der Waals surface area contributed by atoms with E-state index < -0.39 is 0 Å². The van der Waals surface area contributed by atoms with Crippen molar-refractivity contribution in [3.8, 4) is 0 Å². The predicted molar refractivity (Wildman–Crippen MR) is 86.0 cm³/mol. The quantitative estimate of drug-likeness (QED) is 0.724. The second kappa shape index (κ2) is 6.51. The van der Waals surface area contributed by atoms with Crippen molar-refractivity contribution < 1.29 is 4.79 Å². The number of nitrogens with zero attached hydrogens (tertiary/aromatic N) is 5. The van der Waals surface area contributed by atoms with Gasteiger partial charge in [-0.25, -0.2) is 9.97 Å². The molecule has 118 valence electrons. The van der Waals surface area contributed by atoms with Gasteiger partial charge in [-0.1, -0.05) is 12.1 Å². The predicted octanol–water partition coefficient (Wildman–Crippen LogP) is 1.66. The molecule has 0 fully saturated rings. The van der Waals surface area contributed by atoms with E-state index in [0.29, 0.717) is 17.8 Å². The Kier molecular flexibility index (Phi) is 4.27. The van der Waals surface area contributed by atoms with E-state index in [1.165, 1.54) is 6.20 Å². The Morgan fingerprint density at radius 3 is 2.70 bits per heavy atom. The summed E-state index contributed by atoms with van der Waals surface area (Å²) in [5.41, 5.74) is 1.83. The van der Waals surface area contributed by atoms with Crippen LogP contribution in [0.5, 0.6) is 0 Å². The highest BCUT2D eigenvalue weighted by molar-refractivity contribution is 5.93. The van der Waals surface area contributed by atoms with E-state index in [2.05, 4.69) is 25.4 Å². The average molecular weight is 310 g/mol. The largest absolute Gasteiger partial charge is 0.351 e. The van der Waals surface area contributed by atoms with Crippen molar-refractivity contribution in [1.82, 2.24) is 30.0 Å². The molecule has 0 aliphatic carbocycles. The van der Waals surface area contributed by atoms with Crippen LogP contribution in [-0.4, -0.2) is 37.2 Å². The molecule has 7 heteroatoms. The van der Waals surface area contributed by atoms with Crippen molar-refractivity contribution in [2.24, 2.45) is 0 Å². The molecule has 0 radical (unpaired) electrons. The first-order chi connectivity index (χ1) is 11.1. The lowest BCUT2D eigenvalue weighted by Crippen LogP contribution is -2.26. The Labute approximate surface area is 133 Å². The van der Waals surface area contributed by atoms with Crippen LogP contribution in [0.15, 0.2) is 30.5 Å². The molecule has 0 aliphatic rings. The van der Waals surface area contributed by atoms with Gasteiger partial charge in [0.25, 0.3) is 5.91 Å². The van der Waals surface area contributed by atoms with Gasteiger partial charge in [0.1, 0.15) is 17.3 Å². The highest BCUT2D eigenvalue weighted by Crippen LogP contribution is 2.08. The molecule has 0 saturated heterocycles. The minimum absolute atomic E-state index is 0.213. The van der Waals surface area contributed by atoms with Crippen LogP contribution in [-0.2, 0) is 6.54 Å². The number of fused-ring (bicyclic) bond motifs is 1. The summed E-state index contributed by atoms with van der Waals surface area (Å²) in [6.07, 6.45) is 2.28. The topological polar surface area (TPSA) is 85.6 Å². The van der Waals surface area contributed by atoms with E-state index >= 15 is 0 Å². The third kappa shape index (κ3) is 3.50. The zero-order chi connectivity index (χ0) is 16.2. The summed E-state index contributed by atoms with van der Waals surface area (Å²) in [6, 6.07) is 7.48. The molecule has 0 aliphatic heterocycles. The van der Waals surface area contributed by atoms with Crippen LogP contribution in [0.25, 0.3) is 11.0 Å². The molecule has 3 rings (SSSR count). The molecule has 0 spiro atoms. The summed E-state index contributed by atoms with van der Waals surface area (Å²) >= 11 is 0. The fourth-order valence-electron chi connectivity index (χ4n) is 2.36. The van der Waals surface area contributed by atoms with Gasteiger partial charge in [0.2, 0.25) is 0 Å². The summed E-state index contributed by atoms with van der Waals surface area (Å²) in [7, 11) is 0. The molecule has 1 amide bonds. The smallest absolute Gasteiger partial charge is 0.271 e. The van der Waals surface area contributed by atoms with Gasteiger partial charge in [0.15, 0.2) is 0 Å². The molecule has 0 bridgehead atoms. The molecule has 7 nitrogen and oxygen atoms in total. The number of hydrogen-bond donors (Lipinski definition) is 1. The fourth-order valence-corrected chi connectivity index (χ4v) is 2.36. The number of amides is 1. The minimum Gasteiger partial charge on any atom is -0.351 e. The van der Waals surface area contributed by atoms with Gasteiger partial charge in [-0.2, -0.15) is 5.10 Å². The number of nitrogens with one attached hydrogen (secondary N) is 1. The van der Waals surface area contributed by atoms with Crippen molar-refractivity contribution in [2.45, 2.75) is 26.8 Å². The van der Waals surface area contributed by atoms with Gasteiger partial charge in [0.05, 0.1) is 17.2 Å². The van der Waals surface area contributed by atoms with E-state index in [1.807, 2.05) is 42.8 Å². The number of hydrogen-bond acceptors (Lipinski definition) is 5. The first-order valence-corrected chi connectivity index (χ1v) is 7.51. The Morgan fingerprint density at radius 1 is 1.17 bits per heavy atom. The van der Waals surface area contributed by atoms with Crippen LogP contribution >= 0.6 is 0 Å². The average Bonchev–Trinajstić information content (AvgIpc) is 2.88. The van der Waals surface area contributed by atoms with Crippen molar-refractivity contribution in [1.29, 1.82) is 0 Å². The van der Waals surface area contributed by atoms with E-state index in [9.17, 15) is 4.79 Å². The SMILES string of the molecule is Cc1nc(C)n(CCCNC(=O)c2cnc3ccccc3n2)n1. The highest BCUT2D eigenvalue weighted by Gasteiger charge is 2.08. The number of rotatable bonds is 5. The molecule has 0 unspecified atom stereocenters. The van der Waals surface area contributed by atoms with E-state index in [-0.39, 0.29) is 5.91 Å². The first-order valence-electron chi connectivity index (χ1n) is 7.51. The second-order valence-electron chi connectivity index (χ2n) is 5.28. The Bertz CT molecular complexity index is 841. The second-order valence-corrected chi connectivity index (χ2v) is 5.28. The lowest BCUT2D eigenvalue weighted by Gasteiger charge is -2.06. The Morgan fingerprint density at radius 2 is 1.96 bits per heavy atom. The van der Waals surface area contributed by atoms with Crippen LogP contribution in [0.3, 0.4) is 0 Å². The molecular weight excluding hydrogens is 292 g/mol. The highest BCUT2D eigenvalue weighted by atomic mass is 16.1. The maximum Gasteiger partial charge on any atom is 0.271 e. The first kappa shape index (κ1) is 15.1. The van der Waals surface area contributed by atoms with Crippen molar-refractivity contribution in [3.05, 3.63) is 47.8 Å². The molecule has 1 N–H and O–H groups in total. The van der Waals surface area contributed by atoms with E-state index in [4.69, 9.17) is 0 Å².